The first kappa shape index (κ1) is 16.9. The Labute approximate surface area is 142 Å². The van der Waals surface area contributed by atoms with Gasteiger partial charge in [0, 0.05) is 18.2 Å². The van der Waals surface area contributed by atoms with Crippen LogP contribution in [-0.4, -0.2) is 21.6 Å². The highest BCUT2D eigenvalue weighted by Gasteiger charge is 2.13. The Bertz CT molecular complexity index is 851. The van der Waals surface area contributed by atoms with E-state index in [-0.39, 0.29) is 17.8 Å². The number of hydrogen-bond donors (Lipinski definition) is 2. The molecule has 3 rings (SSSR count). The summed E-state index contributed by atoms with van der Waals surface area (Å²) in [5.74, 6) is -3.74. The minimum atomic E-state index is -1.53. The number of aliphatic hydroxyl groups is 1. The van der Waals surface area contributed by atoms with Crippen molar-refractivity contribution < 1.29 is 18.3 Å². The number of hydrogen-bond acceptors (Lipinski definition) is 4. The van der Waals surface area contributed by atoms with Crippen molar-refractivity contribution in [2.24, 2.45) is 0 Å². The van der Waals surface area contributed by atoms with Crippen LogP contribution in [0.3, 0.4) is 0 Å². The van der Waals surface area contributed by atoms with Crippen molar-refractivity contribution in [1.29, 1.82) is 0 Å². The topological polar surface area (TPSA) is 58.0 Å². The molecule has 0 fully saturated rings. The highest BCUT2D eigenvalue weighted by atomic mass is 19.2. The molecule has 0 saturated carbocycles. The summed E-state index contributed by atoms with van der Waals surface area (Å²) < 4.78 is 39.8. The van der Waals surface area contributed by atoms with E-state index < -0.39 is 23.6 Å². The maximum Gasteiger partial charge on any atom is 0.194 e. The van der Waals surface area contributed by atoms with E-state index in [1.54, 1.807) is 12.1 Å². The number of halogens is 3. The molecule has 0 spiro atoms. The average molecular weight is 345 g/mol. The standard InChI is InChI=1S/C18H14F3N3O/c19-13-6-12(7-14(20)18(13)21)15-8-17(24-10-23-15)22-9-16(25)11-4-2-1-3-5-11/h1-8,10,16,25H,9H2,(H,22,23,24). The monoisotopic (exact) mass is 345 g/mol. The average Bonchev–Trinajstić information content (AvgIpc) is 2.64. The zero-order valence-electron chi connectivity index (χ0n) is 13.0. The van der Waals surface area contributed by atoms with Crippen LogP contribution in [0, 0.1) is 17.5 Å². The Morgan fingerprint density at radius 2 is 1.64 bits per heavy atom. The van der Waals surface area contributed by atoms with Crippen LogP contribution < -0.4 is 5.32 Å². The molecule has 25 heavy (non-hydrogen) atoms. The lowest BCUT2D eigenvalue weighted by molar-refractivity contribution is 0.191. The zero-order chi connectivity index (χ0) is 17.8. The minimum Gasteiger partial charge on any atom is -0.387 e. The van der Waals surface area contributed by atoms with Crippen molar-refractivity contribution in [2.45, 2.75) is 6.10 Å². The van der Waals surface area contributed by atoms with E-state index in [1.165, 1.54) is 12.4 Å². The second-order valence-corrected chi connectivity index (χ2v) is 5.35. The van der Waals surface area contributed by atoms with Gasteiger partial charge in [0.2, 0.25) is 0 Å². The predicted octanol–water partition coefficient (Wildman–Crippen LogP) is 3.71. The summed E-state index contributed by atoms with van der Waals surface area (Å²) in [6.45, 7) is 0.187. The van der Waals surface area contributed by atoms with E-state index in [0.717, 1.165) is 17.7 Å². The largest absolute Gasteiger partial charge is 0.387 e. The number of rotatable bonds is 5. The Morgan fingerprint density at radius 3 is 2.32 bits per heavy atom. The van der Waals surface area contributed by atoms with Crippen LogP contribution in [0.15, 0.2) is 54.9 Å². The van der Waals surface area contributed by atoms with Gasteiger partial charge in [-0.2, -0.15) is 0 Å². The molecular weight excluding hydrogens is 331 g/mol. The summed E-state index contributed by atoms with van der Waals surface area (Å²) in [6, 6.07) is 12.3. The zero-order valence-corrected chi connectivity index (χ0v) is 13.0. The van der Waals surface area contributed by atoms with Gasteiger partial charge < -0.3 is 10.4 Å². The van der Waals surface area contributed by atoms with Crippen molar-refractivity contribution in [3.63, 3.8) is 0 Å². The van der Waals surface area contributed by atoms with E-state index in [2.05, 4.69) is 15.3 Å². The lowest BCUT2D eigenvalue weighted by atomic mass is 10.1. The first-order valence-electron chi connectivity index (χ1n) is 7.48. The van der Waals surface area contributed by atoms with Gasteiger partial charge in [0.1, 0.15) is 12.1 Å². The van der Waals surface area contributed by atoms with Gasteiger partial charge in [0.05, 0.1) is 11.8 Å². The number of anilines is 1. The molecule has 0 bridgehead atoms. The Balaban J connectivity index is 1.76. The molecule has 0 saturated heterocycles. The van der Waals surface area contributed by atoms with Gasteiger partial charge in [-0.3, -0.25) is 0 Å². The maximum atomic E-state index is 13.4. The molecule has 3 aromatic rings. The van der Waals surface area contributed by atoms with Crippen LogP contribution in [0.4, 0.5) is 19.0 Å². The Morgan fingerprint density at radius 1 is 0.960 bits per heavy atom. The van der Waals surface area contributed by atoms with Crippen molar-refractivity contribution in [2.75, 3.05) is 11.9 Å². The number of nitrogens with zero attached hydrogens (tertiary/aromatic N) is 2. The Kier molecular flexibility index (Phi) is 4.95. The summed E-state index contributed by atoms with van der Waals surface area (Å²) in [5.41, 5.74) is 1.06. The van der Waals surface area contributed by atoms with Gasteiger partial charge in [-0.05, 0) is 17.7 Å². The molecule has 1 atom stereocenters. The molecule has 128 valence electrons. The maximum absolute atomic E-state index is 13.4. The summed E-state index contributed by atoms with van der Waals surface area (Å²) in [6.07, 6.45) is 0.464. The Hall–Kier alpha value is -2.93. The smallest absolute Gasteiger partial charge is 0.194 e. The normalized spacial score (nSPS) is 12.0. The third kappa shape index (κ3) is 3.95. The summed E-state index contributed by atoms with van der Waals surface area (Å²) in [7, 11) is 0. The predicted molar refractivity (Wildman–Crippen MR) is 87.2 cm³/mol. The van der Waals surface area contributed by atoms with Crippen LogP contribution in [-0.2, 0) is 0 Å². The second kappa shape index (κ2) is 7.31. The number of aliphatic hydroxyl groups excluding tert-OH is 1. The van der Waals surface area contributed by atoms with Gasteiger partial charge in [-0.15, -0.1) is 0 Å². The van der Waals surface area contributed by atoms with Gasteiger partial charge in [0.15, 0.2) is 17.5 Å². The lowest BCUT2D eigenvalue weighted by Crippen LogP contribution is -2.13. The third-order valence-corrected chi connectivity index (χ3v) is 3.61. The number of benzene rings is 2. The SMILES string of the molecule is OC(CNc1cc(-c2cc(F)c(F)c(F)c2)ncn1)c1ccccc1. The molecule has 1 unspecified atom stereocenters. The molecule has 2 N–H and O–H groups in total. The van der Waals surface area contributed by atoms with Crippen LogP contribution in [0.1, 0.15) is 11.7 Å². The first-order valence-corrected chi connectivity index (χ1v) is 7.48. The fourth-order valence-corrected chi connectivity index (χ4v) is 2.31. The molecule has 2 aromatic carbocycles. The third-order valence-electron chi connectivity index (χ3n) is 3.61. The highest BCUT2D eigenvalue weighted by Crippen LogP contribution is 2.23. The van der Waals surface area contributed by atoms with Crippen LogP contribution in [0.5, 0.6) is 0 Å². The number of aromatic nitrogens is 2. The van der Waals surface area contributed by atoms with Crippen molar-refractivity contribution in [3.05, 3.63) is 77.9 Å². The molecular formula is C18H14F3N3O. The first-order chi connectivity index (χ1) is 12.0. The molecule has 1 aromatic heterocycles. The molecule has 0 amide bonds. The van der Waals surface area contributed by atoms with Crippen LogP contribution in [0.25, 0.3) is 11.3 Å². The molecule has 0 radical (unpaired) electrons. The van der Waals surface area contributed by atoms with Crippen molar-refractivity contribution in [3.8, 4) is 11.3 Å². The fraction of sp³-hybridized carbons (Fsp3) is 0.111. The van der Waals surface area contributed by atoms with Gasteiger partial charge >= 0.3 is 0 Å². The molecule has 0 aliphatic carbocycles. The number of nitrogens with one attached hydrogen (secondary N) is 1. The molecule has 7 heteroatoms. The van der Waals surface area contributed by atoms with Gasteiger partial charge in [-0.25, -0.2) is 23.1 Å². The van der Waals surface area contributed by atoms with E-state index in [4.69, 9.17) is 0 Å². The molecule has 4 nitrogen and oxygen atoms in total. The van der Waals surface area contributed by atoms with E-state index >= 15 is 0 Å². The van der Waals surface area contributed by atoms with Crippen molar-refractivity contribution >= 4 is 5.82 Å². The molecule has 0 aliphatic heterocycles. The van der Waals surface area contributed by atoms with E-state index in [9.17, 15) is 18.3 Å². The van der Waals surface area contributed by atoms with Gasteiger partial charge in [-0.1, -0.05) is 30.3 Å². The van der Waals surface area contributed by atoms with Crippen molar-refractivity contribution in [1.82, 2.24) is 9.97 Å². The summed E-state index contributed by atoms with van der Waals surface area (Å²) in [4.78, 5) is 7.94. The second-order valence-electron chi connectivity index (χ2n) is 5.35. The van der Waals surface area contributed by atoms with Gasteiger partial charge in [0.25, 0.3) is 0 Å². The highest BCUT2D eigenvalue weighted by molar-refractivity contribution is 5.62. The van der Waals surface area contributed by atoms with Crippen LogP contribution in [0.2, 0.25) is 0 Å². The fourth-order valence-electron chi connectivity index (χ4n) is 2.31. The molecule has 0 aliphatic rings. The van der Waals surface area contributed by atoms with E-state index in [1.807, 2.05) is 18.2 Å². The summed E-state index contributed by atoms with van der Waals surface area (Å²) >= 11 is 0. The van der Waals surface area contributed by atoms with Crippen LogP contribution >= 0.6 is 0 Å². The summed E-state index contributed by atoms with van der Waals surface area (Å²) in [5, 5.41) is 13.1. The molecule has 1 heterocycles. The lowest BCUT2D eigenvalue weighted by Gasteiger charge is -2.13. The minimum absolute atomic E-state index is 0.0884. The van der Waals surface area contributed by atoms with E-state index in [0.29, 0.717) is 5.82 Å². The quantitative estimate of drug-likeness (QED) is 0.692.